The fraction of sp³-hybridized carbons (Fsp3) is 0.160. The summed E-state index contributed by atoms with van der Waals surface area (Å²) in [7, 11) is 0. The van der Waals surface area contributed by atoms with Crippen LogP contribution in [0.25, 0.3) is 11.7 Å². The average Bonchev–Trinajstić information content (AvgIpc) is 3.48. The number of fused-ring (bicyclic) bond motifs is 1. The minimum absolute atomic E-state index is 0.215. The number of benzene rings is 1. The van der Waals surface area contributed by atoms with E-state index in [0.29, 0.717) is 39.3 Å². The molecule has 1 saturated heterocycles. The molecule has 0 bridgehead atoms. The van der Waals surface area contributed by atoms with Crippen LogP contribution in [0.4, 0.5) is 5.82 Å². The third-order valence-corrected chi connectivity index (χ3v) is 6.92. The fourth-order valence-corrected chi connectivity index (χ4v) is 5.03. The van der Waals surface area contributed by atoms with Crippen molar-refractivity contribution in [3.8, 4) is 0 Å². The number of amides is 1. The normalized spacial score (nSPS) is 14.9. The highest BCUT2D eigenvalue weighted by Gasteiger charge is 2.32. The lowest BCUT2D eigenvalue weighted by Gasteiger charge is -2.14. The number of aryl methyl sites for hydroxylation is 1. The number of nitrogens with one attached hydrogen (secondary N) is 1. The van der Waals surface area contributed by atoms with Gasteiger partial charge >= 0.3 is 0 Å². The highest BCUT2D eigenvalue weighted by molar-refractivity contribution is 8.26. The first kappa shape index (κ1) is 23.0. The van der Waals surface area contributed by atoms with Crippen LogP contribution < -0.4 is 10.9 Å². The summed E-state index contributed by atoms with van der Waals surface area (Å²) >= 11 is 6.68. The summed E-state index contributed by atoms with van der Waals surface area (Å²) in [6, 6.07) is 15.1. The molecular formula is C25H22N6O2S2. The predicted octanol–water partition coefficient (Wildman–Crippen LogP) is 3.79. The number of anilines is 1. The molecule has 0 spiro atoms. The number of nitrogens with zero attached hydrogens (tertiary/aromatic N) is 5. The molecule has 1 aliphatic heterocycles. The first-order valence-electron chi connectivity index (χ1n) is 11.1. The third-order valence-electron chi connectivity index (χ3n) is 5.55. The maximum absolute atomic E-state index is 13.4. The quantitative estimate of drug-likeness (QED) is 0.223. The van der Waals surface area contributed by atoms with E-state index in [1.54, 1.807) is 41.8 Å². The molecule has 0 radical (unpaired) electrons. The first-order valence-corrected chi connectivity index (χ1v) is 12.3. The van der Waals surface area contributed by atoms with Gasteiger partial charge in [-0.15, -0.1) is 0 Å². The van der Waals surface area contributed by atoms with E-state index in [1.807, 2.05) is 47.2 Å². The maximum Gasteiger partial charge on any atom is 0.267 e. The van der Waals surface area contributed by atoms with Crippen molar-refractivity contribution in [2.45, 2.75) is 19.5 Å². The van der Waals surface area contributed by atoms with Crippen LogP contribution in [0.15, 0.2) is 83.1 Å². The summed E-state index contributed by atoms with van der Waals surface area (Å²) in [4.78, 5) is 37.3. The average molecular weight is 503 g/mol. The highest BCUT2D eigenvalue weighted by atomic mass is 32.2. The molecule has 1 N–H and O–H groups in total. The highest BCUT2D eigenvalue weighted by Crippen LogP contribution is 2.34. The Bertz CT molecular complexity index is 1460. The maximum atomic E-state index is 13.4. The van der Waals surface area contributed by atoms with Gasteiger partial charge in [0.15, 0.2) is 0 Å². The van der Waals surface area contributed by atoms with Crippen molar-refractivity contribution >= 4 is 51.7 Å². The van der Waals surface area contributed by atoms with Gasteiger partial charge in [0.2, 0.25) is 0 Å². The molecule has 0 atom stereocenters. The smallest absolute Gasteiger partial charge is 0.267 e. The van der Waals surface area contributed by atoms with Crippen LogP contribution in [-0.4, -0.2) is 40.6 Å². The number of thioether (sulfide) groups is 1. The number of hydrogen-bond donors (Lipinski definition) is 1. The molecule has 0 saturated carbocycles. The van der Waals surface area contributed by atoms with Gasteiger partial charge < -0.3 is 9.88 Å². The molecule has 0 aliphatic carbocycles. The van der Waals surface area contributed by atoms with Gasteiger partial charge in [-0.05, 0) is 30.2 Å². The molecule has 1 aromatic carbocycles. The Morgan fingerprint density at radius 1 is 1.06 bits per heavy atom. The number of carbonyl (C=O) groups excluding carboxylic acids is 1. The molecule has 176 valence electrons. The standard InChI is InChI=1S/C25H22N6O2S2/c32-23-19(15-20-24(33)31(25(34)35-20)16-18-7-2-1-3-8-18)22(28-21-9-4-5-13-30(21)23)27-10-6-12-29-14-11-26-17-29/h1-5,7-9,11,13-15,17,27H,6,10,12,16H2/b20-15+. The number of rotatable bonds is 8. The molecule has 4 aromatic rings. The van der Waals surface area contributed by atoms with E-state index in [4.69, 9.17) is 12.2 Å². The molecule has 1 amide bonds. The number of pyridine rings is 1. The molecule has 5 rings (SSSR count). The second kappa shape index (κ2) is 10.2. The van der Waals surface area contributed by atoms with Crippen LogP contribution in [0.2, 0.25) is 0 Å². The van der Waals surface area contributed by atoms with E-state index in [9.17, 15) is 9.59 Å². The molecule has 3 aromatic heterocycles. The van der Waals surface area contributed by atoms with E-state index >= 15 is 0 Å². The van der Waals surface area contributed by atoms with E-state index in [1.165, 1.54) is 16.2 Å². The van der Waals surface area contributed by atoms with Crippen molar-refractivity contribution < 1.29 is 4.79 Å². The molecule has 35 heavy (non-hydrogen) atoms. The Labute approximate surface area is 211 Å². The van der Waals surface area contributed by atoms with Gasteiger partial charge in [0.05, 0.1) is 23.3 Å². The van der Waals surface area contributed by atoms with Crippen molar-refractivity contribution in [1.29, 1.82) is 0 Å². The fourth-order valence-electron chi connectivity index (χ4n) is 3.79. The van der Waals surface area contributed by atoms with Crippen LogP contribution in [0, 0.1) is 0 Å². The Balaban J connectivity index is 1.43. The number of hydrogen-bond acceptors (Lipinski definition) is 7. The van der Waals surface area contributed by atoms with Gasteiger partial charge in [0.1, 0.15) is 15.8 Å². The summed E-state index contributed by atoms with van der Waals surface area (Å²) in [5.41, 5.74) is 1.60. The number of imidazole rings is 1. The Hall–Kier alpha value is -3.76. The minimum Gasteiger partial charge on any atom is -0.369 e. The van der Waals surface area contributed by atoms with Crippen molar-refractivity contribution in [3.05, 3.63) is 99.8 Å². The SMILES string of the molecule is O=C1/C(=C\c2c(NCCCn3ccnc3)nc3ccccn3c2=O)SC(=S)N1Cc1ccccc1. The molecule has 1 aliphatic rings. The van der Waals surface area contributed by atoms with Crippen LogP contribution in [0.1, 0.15) is 17.5 Å². The van der Waals surface area contributed by atoms with E-state index in [2.05, 4.69) is 15.3 Å². The second-order valence-corrected chi connectivity index (χ2v) is 9.62. The van der Waals surface area contributed by atoms with Crippen molar-refractivity contribution in [2.24, 2.45) is 0 Å². The van der Waals surface area contributed by atoms with Crippen LogP contribution in [0.5, 0.6) is 0 Å². The second-order valence-electron chi connectivity index (χ2n) is 7.94. The minimum atomic E-state index is -0.249. The van der Waals surface area contributed by atoms with Gasteiger partial charge in [0.25, 0.3) is 11.5 Å². The van der Waals surface area contributed by atoms with Gasteiger partial charge in [-0.3, -0.25) is 18.9 Å². The molecule has 8 nitrogen and oxygen atoms in total. The summed E-state index contributed by atoms with van der Waals surface area (Å²) in [5.74, 6) is 0.229. The summed E-state index contributed by atoms with van der Waals surface area (Å²) in [6.07, 6.45) is 9.51. The van der Waals surface area contributed by atoms with Gasteiger partial charge in [-0.1, -0.05) is 60.4 Å². The van der Waals surface area contributed by atoms with Crippen molar-refractivity contribution in [1.82, 2.24) is 23.8 Å². The predicted molar refractivity (Wildman–Crippen MR) is 142 cm³/mol. The van der Waals surface area contributed by atoms with Crippen LogP contribution >= 0.6 is 24.0 Å². The monoisotopic (exact) mass is 502 g/mol. The van der Waals surface area contributed by atoms with E-state index < -0.39 is 0 Å². The van der Waals surface area contributed by atoms with Gasteiger partial charge in [-0.25, -0.2) is 9.97 Å². The lowest BCUT2D eigenvalue weighted by Crippen LogP contribution is -2.27. The largest absolute Gasteiger partial charge is 0.369 e. The number of carbonyl (C=O) groups is 1. The lowest BCUT2D eigenvalue weighted by molar-refractivity contribution is -0.122. The number of aromatic nitrogens is 4. The Morgan fingerprint density at radius 3 is 2.69 bits per heavy atom. The lowest BCUT2D eigenvalue weighted by atomic mass is 10.2. The van der Waals surface area contributed by atoms with E-state index in [0.717, 1.165) is 18.5 Å². The molecule has 0 unspecified atom stereocenters. The summed E-state index contributed by atoms with van der Waals surface area (Å²) < 4.78 is 3.94. The zero-order valence-corrected chi connectivity index (χ0v) is 20.3. The van der Waals surface area contributed by atoms with E-state index in [-0.39, 0.29) is 11.5 Å². The Kier molecular flexibility index (Phi) is 6.73. The Morgan fingerprint density at radius 2 is 1.89 bits per heavy atom. The van der Waals surface area contributed by atoms with Gasteiger partial charge in [0, 0.05) is 31.7 Å². The molecule has 1 fully saturated rings. The molecule has 10 heteroatoms. The third kappa shape index (κ3) is 5.03. The molecular weight excluding hydrogens is 480 g/mol. The zero-order valence-electron chi connectivity index (χ0n) is 18.7. The van der Waals surface area contributed by atoms with Crippen molar-refractivity contribution in [3.63, 3.8) is 0 Å². The number of thiocarbonyl (C=S) groups is 1. The topological polar surface area (TPSA) is 84.5 Å². The first-order chi connectivity index (χ1) is 17.1. The summed E-state index contributed by atoms with van der Waals surface area (Å²) in [6.45, 7) is 1.77. The zero-order chi connectivity index (χ0) is 24.2. The molecule has 4 heterocycles. The van der Waals surface area contributed by atoms with Gasteiger partial charge in [-0.2, -0.15) is 0 Å². The van der Waals surface area contributed by atoms with Crippen LogP contribution in [-0.2, 0) is 17.9 Å². The van der Waals surface area contributed by atoms with Crippen molar-refractivity contribution in [2.75, 3.05) is 11.9 Å². The summed E-state index contributed by atoms with van der Waals surface area (Å²) in [5, 5.41) is 3.29. The van der Waals surface area contributed by atoms with Crippen LogP contribution in [0.3, 0.4) is 0 Å².